The van der Waals surface area contributed by atoms with Gasteiger partial charge in [0.15, 0.2) is 5.82 Å². The van der Waals surface area contributed by atoms with Crippen LogP contribution in [0.25, 0.3) is 0 Å². The fraction of sp³-hybridized carbons (Fsp3) is 0.100. The zero-order chi connectivity index (χ0) is 13.2. The molecule has 0 bridgehead atoms. The molecule has 0 amide bonds. The summed E-state index contributed by atoms with van der Waals surface area (Å²) in [6.45, 7) is 0.0513. The maximum Gasteiger partial charge on any atom is 0.261 e. The van der Waals surface area contributed by atoms with Gasteiger partial charge in [0.1, 0.15) is 0 Å². The zero-order valence-corrected chi connectivity index (χ0v) is 11.3. The van der Waals surface area contributed by atoms with Crippen LogP contribution in [0.1, 0.15) is 4.88 Å². The van der Waals surface area contributed by atoms with Crippen molar-refractivity contribution in [2.24, 2.45) is 0 Å². The molecule has 0 aliphatic rings. The molecule has 0 spiro atoms. The summed E-state index contributed by atoms with van der Waals surface area (Å²) < 4.78 is 39.7. The van der Waals surface area contributed by atoms with E-state index in [0.717, 1.165) is 10.9 Å². The second kappa shape index (κ2) is 5.31. The molecule has 0 aromatic carbocycles. The second-order valence-electron chi connectivity index (χ2n) is 3.32. The van der Waals surface area contributed by atoms with Gasteiger partial charge in [0.05, 0.1) is 4.34 Å². The van der Waals surface area contributed by atoms with Crippen molar-refractivity contribution in [2.75, 3.05) is 0 Å². The van der Waals surface area contributed by atoms with Crippen LogP contribution in [0.15, 0.2) is 35.5 Å². The third-order valence-corrected chi connectivity index (χ3v) is 4.61. The van der Waals surface area contributed by atoms with Crippen LogP contribution in [0.2, 0.25) is 4.34 Å². The molecule has 0 saturated heterocycles. The number of nitrogens with one attached hydrogen (secondary N) is 1. The quantitative estimate of drug-likeness (QED) is 0.943. The maximum absolute atomic E-state index is 13.3. The van der Waals surface area contributed by atoms with Gasteiger partial charge < -0.3 is 0 Å². The predicted molar refractivity (Wildman–Crippen MR) is 67.5 cm³/mol. The molecular weight excluding hydrogens is 299 g/mol. The Labute approximate surface area is 112 Å². The highest BCUT2D eigenvalue weighted by Crippen LogP contribution is 2.21. The monoisotopic (exact) mass is 306 g/mol. The molecule has 18 heavy (non-hydrogen) atoms. The van der Waals surface area contributed by atoms with Crippen molar-refractivity contribution in [1.82, 2.24) is 9.71 Å². The number of hydrogen-bond acceptors (Lipinski definition) is 4. The molecule has 0 aliphatic carbocycles. The number of thiophene rings is 1. The highest BCUT2D eigenvalue weighted by molar-refractivity contribution is 7.89. The number of sulfonamides is 1. The first-order chi connectivity index (χ1) is 8.49. The average Bonchev–Trinajstić information content (AvgIpc) is 2.73. The number of nitrogens with zero attached hydrogens (tertiary/aromatic N) is 1. The Bertz CT molecular complexity index is 657. The molecular formula is C10H8ClFN2O2S2. The molecule has 1 N–H and O–H groups in total. The highest BCUT2D eigenvalue weighted by Gasteiger charge is 2.20. The van der Waals surface area contributed by atoms with E-state index in [-0.39, 0.29) is 6.54 Å². The van der Waals surface area contributed by atoms with Crippen LogP contribution < -0.4 is 4.72 Å². The van der Waals surface area contributed by atoms with E-state index in [9.17, 15) is 12.8 Å². The predicted octanol–water partition coefficient (Wildman–Crippen LogP) is 2.41. The second-order valence-corrected chi connectivity index (χ2v) is 6.80. The number of halogens is 2. The molecule has 0 radical (unpaired) electrons. The molecule has 2 aromatic rings. The molecule has 0 unspecified atom stereocenters. The Morgan fingerprint density at radius 2 is 2.17 bits per heavy atom. The third-order valence-electron chi connectivity index (χ3n) is 2.04. The van der Waals surface area contributed by atoms with Gasteiger partial charge in [-0.3, -0.25) is 0 Å². The van der Waals surface area contributed by atoms with Gasteiger partial charge >= 0.3 is 0 Å². The van der Waals surface area contributed by atoms with Gasteiger partial charge in [-0.1, -0.05) is 11.6 Å². The summed E-state index contributed by atoms with van der Waals surface area (Å²) in [6.07, 6.45) is 1.22. The first-order valence-corrected chi connectivity index (χ1v) is 7.51. The molecule has 0 fully saturated rings. The van der Waals surface area contributed by atoms with Crippen molar-refractivity contribution in [3.05, 3.63) is 45.5 Å². The van der Waals surface area contributed by atoms with E-state index in [1.165, 1.54) is 23.6 Å². The van der Waals surface area contributed by atoms with Crippen molar-refractivity contribution in [3.63, 3.8) is 0 Å². The molecule has 0 saturated carbocycles. The fourth-order valence-corrected chi connectivity index (χ4v) is 3.38. The van der Waals surface area contributed by atoms with Crippen LogP contribution in [0.4, 0.5) is 4.39 Å². The Hall–Kier alpha value is -1.02. The first-order valence-electron chi connectivity index (χ1n) is 4.83. The van der Waals surface area contributed by atoms with Crippen molar-refractivity contribution in [2.45, 2.75) is 11.6 Å². The van der Waals surface area contributed by atoms with E-state index in [4.69, 9.17) is 11.6 Å². The Morgan fingerprint density at radius 1 is 1.39 bits per heavy atom. The largest absolute Gasteiger partial charge is 0.261 e. The van der Waals surface area contributed by atoms with Crippen molar-refractivity contribution in [3.8, 4) is 0 Å². The molecule has 0 aliphatic heterocycles. The van der Waals surface area contributed by atoms with Gasteiger partial charge in [-0.2, -0.15) is 0 Å². The number of pyridine rings is 1. The molecule has 8 heteroatoms. The minimum atomic E-state index is -3.95. The van der Waals surface area contributed by atoms with Gasteiger partial charge in [0, 0.05) is 17.6 Å². The van der Waals surface area contributed by atoms with Gasteiger partial charge in [-0.15, -0.1) is 11.3 Å². The first kappa shape index (κ1) is 13.4. The lowest BCUT2D eigenvalue weighted by Gasteiger charge is -2.05. The van der Waals surface area contributed by atoms with Crippen molar-refractivity contribution >= 4 is 33.0 Å². The summed E-state index contributed by atoms with van der Waals surface area (Å²) in [6, 6.07) is 5.73. The normalized spacial score (nSPS) is 11.7. The van der Waals surface area contributed by atoms with Crippen molar-refractivity contribution < 1.29 is 12.8 Å². The molecule has 2 heterocycles. The summed E-state index contributed by atoms with van der Waals surface area (Å²) in [4.78, 5) is 4.26. The van der Waals surface area contributed by atoms with Crippen LogP contribution in [0, 0.1) is 5.82 Å². The standard InChI is InChI=1S/C10H8ClFN2O2S2/c11-9-4-3-7(17-9)6-14-18(15,16)10-8(12)2-1-5-13-10/h1-5,14H,6H2. The van der Waals surface area contributed by atoms with E-state index >= 15 is 0 Å². The SMILES string of the molecule is O=S(=O)(NCc1ccc(Cl)s1)c1ncccc1F. The van der Waals surface area contributed by atoms with E-state index in [1.54, 1.807) is 12.1 Å². The Kier molecular flexibility index (Phi) is 3.96. The average molecular weight is 307 g/mol. The summed E-state index contributed by atoms with van der Waals surface area (Å²) in [5.74, 6) is -0.880. The van der Waals surface area contributed by atoms with Gasteiger partial charge in [0.25, 0.3) is 10.0 Å². The van der Waals surface area contributed by atoms with Crippen LogP contribution >= 0.6 is 22.9 Å². The van der Waals surface area contributed by atoms with E-state index < -0.39 is 20.9 Å². The minimum absolute atomic E-state index is 0.0513. The van der Waals surface area contributed by atoms with Crippen molar-refractivity contribution in [1.29, 1.82) is 0 Å². The summed E-state index contributed by atoms with van der Waals surface area (Å²) in [5, 5.41) is -0.604. The maximum atomic E-state index is 13.3. The summed E-state index contributed by atoms with van der Waals surface area (Å²) >= 11 is 6.97. The number of aromatic nitrogens is 1. The van der Waals surface area contributed by atoms with Gasteiger partial charge in [0.2, 0.25) is 5.03 Å². The fourth-order valence-electron chi connectivity index (χ4n) is 1.25. The van der Waals surface area contributed by atoms with Gasteiger partial charge in [-0.25, -0.2) is 22.5 Å². The molecule has 2 rings (SSSR count). The third kappa shape index (κ3) is 3.05. The van der Waals surface area contributed by atoms with E-state index in [1.807, 2.05) is 0 Å². The summed E-state index contributed by atoms with van der Waals surface area (Å²) in [7, 11) is -3.95. The lowest BCUT2D eigenvalue weighted by molar-refractivity contribution is 0.544. The van der Waals surface area contributed by atoms with E-state index in [2.05, 4.69) is 9.71 Å². The molecule has 96 valence electrons. The molecule has 4 nitrogen and oxygen atoms in total. The summed E-state index contributed by atoms with van der Waals surface area (Å²) in [5.41, 5.74) is 0. The highest BCUT2D eigenvalue weighted by atomic mass is 35.5. The van der Waals surface area contributed by atoms with Gasteiger partial charge in [-0.05, 0) is 24.3 Å². The van der Waals surface area contributed by atoms with E-state index in [0.29, 0.717) is 4.34 Å². The number of rotatable bonds is 4. The lowest BCUT2D eigenvalue weighted by atomic mass is 10.5. The Balaban J connectivity index is 2.16. The van der Waals surface area contributed by atoms with Crippen LogP contribution in [-0.4, -0.2) is 13.4 Å². The molecule has 2 aromatic heterocycles. The minimum Gasteiger partial charge on any atom is -0.241 e. The van der Waals surface area contributed by atoms with Crippen LogP contribution in [0.3, 0.4) is 0 Å². The lowest BCUT2D eigenvalue weighted by Crippen LogP contribution is -2.24. The topological polar surface area (TPSA) is 59.1 Å². The van der Waals surface area contributed by atoms with Crippen LogP contribution in [-0.2, 0) is 16.6 Å². The van der Waals surface area contributed by atoms with Crippen LogP contribution in [0.5, 0.6) is 0 Å². The zero-order valence-electron chi connectivity index (χ0n) is 8.93. The number of hydrogen-bond donors (Lipinski definition) is 1. The Morgan fingerprint density at radius 3 is 2.78 bits per heavy atom. The molecule has 0 atom stereocenters. The smallest absolute Gasteiger partial charge is 0.241 e.